The van der Waals surface area contributed by atoms with Crippen LogP contribution in [-0.4, -0.2) is 11.5 Å². The van der Waals surface area contributed by atoms with Crippen molar-refractivity contribution in [1.82, 2.24) is 0 Å². The molecule has 0 radical (unpaired) electrons. The first-order valence-corrected chi connectivity index (χ1v) is 5.23. The van der Waals surface area contributed by atoms with Crippen LogP contribution in [0, 0.1) is 5.92 Å². The Labute approximate surface area is 77.7 Å². The Hall–Kier alpha value is -0.180. The first-order valence-electron chi connectivity index (χ1n) is 5.23. The molecular weight excluding hydrogens is 172 g/mol. The zero-order valence-electron chi connectivity index (χ0n) is 7.86. The number of rotatable bonds is 2. The van der Waals surface area contributed by atoms with Crippen molar-refractivity contribution >= 4 is 0 Å². The maximum Gasteiger partial charge on any atom is 0.268 e. The molecule has 3 heteroatoms. The molecule has 0 atom stereocenters. The summed E-state index contributed by atoms with van der Waals surface area (Å²) in [7, 11) is 0. The van der Waals surface area contributed by atoms with E-state index in [1.54, 1.807) is 0 Å². The average molecular weight is 189 g/mol. The van der Waals surface area contributed by atoms with E-state index in [4.69, 9.17) is 5.73 Å². The van der Waals surface area contributed by atoms with Gasteiger partial charge < -0.3 is 5.73 Å². The van der Waals surface area contributed by atoms with Gasteiger partial charge in [-0.15, -0.1) is 0 Å². The molecule has 0 amide bonds. The Morgan fingerprint density at radius 2 is 1.62 bits per heavy atom. The minimum Gasteiger partial charge on any atom is -0.320 e. The lowest BCUT2D eigenvalue weighted by atomic mass is 9.81. The number of nitrogens with two attached hydrogens (primary N) is 1. The summed E-state index contributed by atoms with van der Waals surface area (Å²) in [6.45, 7) is 0. The van der Waals surface area contributed by atoms with Gasteiger partial charge in [0.25, 0.3) is 5.92 Å². The van der Waals surface area contributed by atoms with Crippen molar-refractivity contribution in [3.05, 3.63) is 0 Å². The first kappa shape index (κ1) is 9.38. The smallest absolute Gasteiger partial charge is 0.268 e. The first-order chi connectivity index (χ1) is 6.06. The van der Waals surface area contributed by atoms with Gasteiger partial charge >= 0.3 is 0 Å². The van der Waals surface area contributed by atoms with Crippen LogP contribution in [0.1, 0.15) is 44.9 Å². The molecule has 0 bridgehead atoms. The lowest BCUT2D eigenvalue weighted by Crippen LogP contribution is -2.49. The Balaban J connectivity index is 2.04. The largest absolute Gasteiger partial charge is 0.320 e. The van der Waals surface area contributed by atoms with E-state index in [2.05, 4.69) is 0 Å². The quantitative estimate of drug-likeness (QED) is 0.710. The molecule has 0 aromatic carbocycles. The predicted molar refractivity (Wildman–Crippen MR) is 47.7 cm³/mol. The number of hydrogen-bond acceptors (Lipinski definition) is 1. The maximum absolute atomic E-state index is 13.8. The van der Waals surface area contributed by atoms with Gasteiger partial charge in [-0.05, 0) is 25.7 Å². The number of alkyl halides is 2. The maximum atomic E-state index is 13.8. The molecule has 13 heavy (non-hydrogen) atoms. The van der Waals surface area contributed by atoms with Crippen molar-refractivity contribution in [2.75, 3.05) is 0 Å². The molecule has 76 valence electrons. The molecule has 0 aliphatic heterocycles. The minimum atomic E-state index is -2.60. The molecule has 2 aliphatic rings. The molecule has 0 aromatic rings. The van der Waals surface area contributed by atoms with Crippen molar-refractivity contribution in [2.45, 2.75) is 56.4 Å². The zero-order chi connectivity index (χ0) is 9.53. The third-order valence-corrected chi connectivity index (χ3v) is 3.57. The topological polar surface area (TPSA) is 26.0 Å². The zero-order valence-corrected chi connectivity index (χ0v) is 7.86. The molecule has 2 N–H and O–H groups in total. The Morgan fingerprint density at radius 3 is 2.08 bits per heavy atom. The summed E-state index contributed by atoms with van der Waals surface area (Å²) in [5.41, 5.74) is 4.48. The molecule has 0 spiro atoms. The minimum absolute atomic E-state index is 0.436. The van der Waals surface area contributed by atoms with Crippen LogP contribution >= 0.6 is 0 Å². The van der Waals surface area contributed by atoms with Crippen molar-refractivity contribution < 1.29 is 8.78 Å². The van der Waals surface area contributed by atoms with Gasteiger partial charge in [-0.25, -0.2) is 8.78 Å². The van der Waals surface area contributed by atoms with Crippen molar-refractivity contribution in [1.29, 1.82) is 0 Å². The Bertz CT molecular complexity index is 193. The van der Waals surface area contributed by atoms with Crippen molar-refractivity contribution in [3.8, 4) is 0 Å². The van der Waals surface area contributed by atoms with Crippen LogP contribution in [0.2, 0.25) is 0 Å². The third-order valence-electron chi connectivity index (χ3n) is 3.57. The monoisotopic (exact) mass is 189 g/mol. The fraction of sp³-hybridized carbons (Fsp3) is 1.00. The highest BCUT2D eigenvalue weighted by atomic mass is 19.3. The van der Waals surface area contributed by atoms with E-state index in [9.17, 15) is 8.78 Å². The van der Waals surface area contributed by atoms with Crippen LogP contribution in [0.4, 0.5) is 8.78 Å². The molecule has 2 saturated carbocycles. The number of halogens is 2. The molecule has 0 unspecified atom stereocenters. The second-order valence-corrected chi connectivity index (χ2v) is 4.61. The highest BCUT2D eigenvalue weighted by molar-refractivity contribution is 5.11. The van der Waals surface area contributed by atoms with Gasteiger partial charge in [-0.2, -0.15) is 0 Å². The summed E-state index contributed by atoms with van der Waals surface area (Å²) in [5, 5.41) is 0. The van der Waals surface area contributed by atoms with E-state index in [-0.39, 0.29) is 0 Å². The van der Waals surface area contributed by atoms with Gasteiger partial charge in [-0.1, -0.05) is 19.3 Å². The molecule has 0 saturated heterocycles. The van der Waals surface area contributed by atoms with E-state index in [1.165, 1.54) is 0 Å². The summed E-state index contributed by atoms with van der Waals surface area (Å²) >= 11 is 0. The van der Waals surface area contributed by atoms with Crippen LogP contribution in [0.3, 0.4) is 0 Å². The highest BCUT2D eigenvalue weighted by Gasteiger charge is 2.62. The average Bonchev–Trinajstić information content (AvgIpc) is 2.87. The summed E-state index contributed by atoms with van der Waals surface area (Å²) in [6.07, 6.45) is 5.39. The van der Waals surface area contributed by atoms with E-state index in [0.717, 1.165) is 19.3 Å². The number of hydrogen-bond donors (Lipinski definition) is 1. The van der Waals surface area contributed by atoms with Crippen LogP contribution in [0.5, 0.6) is 0 Å². The van der Waals surface area contributed by atoms with Crippen LogP contribution < -0.4 is 5.73 Å². The van der Waals surface area contributed by atoms with E-state index >= 15 is 0 Å². The normalized spacial score (nSPS) is 28.8. The van der Waals surface area contributed by atoms with Gasteiger partial charge in [0.15, 0.2) is 0 Å². The van der Waals surface area contributed by atoms with E-state index in [0.29, 0.717) is 25.7 Å². The third kappa shape index (κ3) is 1.47. The van der Waals surface area contributed by atoms with Crippen LogP contribution in [-0.2, 0) is 0 Å². The van der Waals surface area contributed by atoms with Crippen LogP contribution in [0.25, 0.3) is 0 Å². The Kier molecular flexibility index (Phi) is 2.10. The van der Waals surface area contributed by atoms with Crippen molar-refractivity contribution in [3.63, 3.8) is 0 Å². The molecule has 0 heterocycles. The fourth-order valence-corrected chi connectivity index (χ4v) is 2.34. The molecule has 2 aliphatic carbocycles. The van der Waals surface area contributed by atoms with Gasteiger partial charge in [0, 0.05) is 5.92 Å². The highest BCUT2D eigenvalue weighted by Crippen LogP contribution is 2.52. The summed E-state index contributed by atoms with van der Waals surface area (Å²) in [4.78, 5) is 0. The molecule has 2 fully saturated rings. The molecular formula is C10H17F2N. The molecule has 1 nitrogen and oxygen atoms in total. The SMILES string of the molecule is NC1(C(F)(F)C2CCCCC2)CC1. The van der Waals surface area contributed by atoms with Gasteiger partial charge in [0.1, 0.15) is 0 Å². The van der Waals surface area contributed by atoms with Gasteiger partial charge in [0.05, 0.1) is 5.54 Å². The second-order valence-electron chi connectivity index (χ2n) is 4.61. The molecule has 0 aromatic heterocycles. The van der Waals surface area contributed by atoms with Crippen LogP contribution in [0.15, 0.2) is 0 Å². The van der Waals surface area contributed by atoms with Gasteiger partial charge in [-0.3, -0.25) is 0 Å². The van der Waals surface area contributed by atoms with E-state index < -0.39 is 17.4 Å². The van der Waals surface area contributed by atoms with E-state index in [1.807, 2.05) is 0 Å². The summed E-state index contributed by atoms with van der Waals surface area (Å²) in [6, 6.07) is 0. The van der Waals surface area contributed by atoms with Crippen molar-refractivity contribution in [2.24, 2.45) is 11.7 Å². The second kappa shape index (κ2) is 2.91. The summed E-state index contributed by atoms with van der Waals surface area (Å²) in [5.74, 6) is -3.04. The predicted octanol–water partition coefficient (Wildman–Crippen LogP) is 2.69. The lowest BCUT2D eigenvalue weighted by molar-refractivity contribution is -0.100. The standard InChI is InChI=1S/C10H17F2N/c11-10(12,9(13)6-7-9)8-4-2-1-3-5-8/h8H,1-7,13H2. The fourth-order valence-electron chi connectivity index (χ4n) is 2.34. The summed E-state index contributed by atoms with van der Waals surface area (Å²) < 4.78 is 27.5. The van der Waals surface area contributed by atoms with Gasteiger partial charge in [0.2, 0.25) is 0 Å². The Morgan fingerprint density at radius 1 is 1.08 bits per heavy atom. The molecule has 2 rings (SSSR count). The lowest BCUT2D eigenvalue weighted by Gasteiger charge is -2.34.